The van der Waals surface area contributed by atoms with Crippen molar-refractivity contribution in [2.75, 3.05) is 17.7 Å². The molecule has 3 aromatic carbocycles. The molecule has 0 saturated heterocycles. The number of ether oxygens (including phenoxy) is 1. The van der Waals surface area contributed by atoms with Gasteiger partial charge >= 0.3 is 0 Å². The number of nitrogens with one attached hydrogen (secondary N) is 2. The van der Waals surface area contributed by atoms with Gasteiger partial charge in [0.1, 0.15) is 11.8 Å². The summed E-state index contributed by atoms with van der Waals surface area (Å²) in [5.74, 6) is 1.78. The van der Waals surface area contributed by atoms with Gasteiger partial charge < -0.3 is 15.4 Å². The Hall–Kier alpha value is -3.75. The predicted octanol–water partition coefficient (Wildman–Crippen LogP) is 6.47. The Morgan fingerprint density at radius 1 is 1.11 bits per heavy atom. The van der Waals surface area contributed by atoms with E-state index in [2.05, 4.69) is 10.6 Å². The van der Waals surface area contributed by atoms with E-state index in [9.17, 15) is 4.79 Å². The fourth-order valence-corrected chi connectivity index (χ4v) is 5.18. The molecule has 37 heavy (non-hydrogen) atoms. The highest BCUT2D eigenvalue weighted by Gasteiger charge is 2.34. The SMILES string of the molecule is COc1ccc(NC(=O)C2=C(C)Nc3nc(SCc4cccc(Cl)c4)nn3[C@H]2c2ccc(C)cc2)cc1. The van der Waals surface area contributed by atoms with Crippen molar-refractivity contribution in [2.24, 2.45) is 0 Å². The molecule has 1 aliphatic rings. The molecule has 1 aliphatic heterocycles. The van der Waals surface area contributed by atoms with E-state index >= 15 is 0 Å². The number of fused-ring (bicyclic) bond motifs is 1. The molecule has 0 radical (unpaired) electrons. The van der Waals surface area contributed by atoms with E-state index in [4.69, 9.17) is 26.4 Å². The molecular weight excluding hydrogens is 506 g/mol. The topological polar surface area (TPSA) is 81.1 Å². The van der Waals surface area contributed by atoms with Crippen molar-refractivity contribution in [1.82, 2.24) is 14.8 Å². The number of amides is 1. The van der Waals surface area contributed by atoms with Crippen molar-refractivity contribution in [3.05, 3.63) is 106 Å². The number of methoxy groups -OCH3 is 1. The first-order valence-corrected chi connectivity index (χ1v) is 13.1. The number of nitrogens with zero attached hydrogens (tertiary/aromatic N) is 3. The van der Waals surface area contributed by atoms with E-state index < -0.39 is 6.04 Å². The van der Waals surface area contributed by atoms with Crippen molar-refractivity contribution < 1.29 is 9.53 Å². The zero-order valence-corrected chi connectivity index (χ0v) is 22.2. The molecule has 1 atom stereocenters. The molecule has 9 heteroatoms. The van der Waals surface area contributed by atoms with Crippen LogP contribution in [0.3, 0.4) is 0 Å². The predicted molar refractivity (Wildman–Crippen MR) is 148 cm³/mol. The first-order chi connectivity index (χ1) is 17.9. The Balaban J connectivity index is 1.46. The number of hydrogen-bond donors (Lipinski definition) is 2. The summed E-state index contributed by atoms with van der Waals surface area (Å²) in [6.07, 6.45) is 0. The smallest absolute Gasteiger partial charge is 0.255 e. The number of aromatic nitrogens is 3. The van der Waals surface area contributed by atoms with Gasteiger partial charge in [0.25, 0.3) is 5.91 Å². The number of hydrogen-bond acceptors (Lipinski definition) is 6. The highest BCUT2D eigenvalue weighted by Crippen LogP contribution is 2.37. The second-order valence-electron chi connectivity index (χ2n) is 8.74. The fourth-order valence-electron chi connectivity index (χ4n) is 4.19. The molecule has 7 nitrogen and oxygen atoms in total. The van der Waals surface area contributed by atoms with Gasteiger partial charge in [-0.05, 0) is 61.4 Å². The van der Waals surface area contributed by atoms with E-state index in [1.807, 2.05) is 86.6 Å². The third-order valence-electron chi connectivity index (χ3n) is 6.08. The van der Waals surface area contributed by atoms with Crippen molar-refractivity contribution in [1.29, 1.82) is 0 Å². The van der Waals surface area contributed by atoms with Gasteiger partial charge in [-0.15, -0.1) is 5.10 Å². The van der Waals surface area contributed by atoms with Crippen LogP contribution in [0.15, 0.2) is 89.2 Å². The molecule has 188 valence electrons. The van der Waals surface area contributed by atoms with E-state index in [-0.39, 0.29) is 5.91 Å². The lowest BCUT2D eigenvalue weighted by Gasteiger charge is -2.28. The van der Waals surface area contributed by atoms with Crippen LogP contribution in [0.1, 0.15) is 29.7 Å². The standard InChI is InChI=1S/C28H26ClN5O2S/c1-17-7-9-20(10-8-17)25-24(26(35)31-22-11-13-23(36-3)14-12-22)18(2)30-27-32-28(33-34(25)27)37-16-19-5-4-6-21(29)15-19/h4-15,25H,16H2,1-3H3,(H,31,35)(H,30,32,33)/t25-/m0/s1. The van der Waals surface area contributed by atoms with Gasteiger partial charge in [-0.1, -0.05) is 65.3 Å². The van der Waals surface area contributed by atoms with Crippen LogP contribution < -0.4 is 15.4 Å². The molecule has 0 spiro atoms. The molecular formula is C28H26ClN5O2S. The van der Waals surface area contributed by atoms with Crippen LogP contribution >= 0.6 is 23.4 Å². The monoisotopic (exact) mass is 531 g/mol. The molecule has 0 saturated carbocycles. The number of allylic oxidation sites excluding steroid dienone is 1. The number of rotatable bonds is 7. The van der Waals surface area contributed by atoms with Crippen molar-refractivity contribution >= 4 is 40.9 Å². The zero-order valence-electron chi connectivity index (χ0n) is 20.7. The molecule has 2 heterocycles. The number of benzene rings is 3. The molecule has 1 amide bonds. The Labute approximate surface area is 224 Å². The van der Waals surface area contributed by atoms with Gasteiger partial charge in [0.05, 0.1) is 12.7 Å². The summed E-state index contributed by atoms with van der Waals surface area (Å²) >= 11 is 7.66. The maximum Gasteiger partial charge on any atom is 0.255 e. The van der Waals surface area contributed by atoms with E-state index in [0.29, 0.717) is 33.1 Å². The summed E-state index contributed by atoms with van der Waals surface area (Å²) in [6, 6.07) is 22.7. The summed E-state index contributed by atoms with van der Waals surface area (Å²) < 4.78 is 7.02. The second kappa shape index (κ2) is 10.7. The minimum absolute atomic E-state index is 0.213. The Morgan fingerprint density at radius 3 is 2.57 bits per heavy atom. The largest absolute Gasteiger partial charge is 0.497 e. The van der Waals surface area contributed by atoms with Crippen LogP contribution in [0.2, 0.25) is 5.02 Å². The second-order valence-corrected chi connectivity index (χ2v) is 10.1. The molecule has 4 aromatic rings. The lowest BCUT2D eigenvalue weighted by Crippen LogP contribution is -2.31. The summed E-state index contributed by atoms with van der Waals surface area (Å²) in [5, 5.41) is 12.4. The number of carbonyl (C=O) groups excluding carboxylic acids is 1. The van der Waals surface area contributed by atoms with E-state index in [1.165, 1.54) is 11.8 Å². The molecule has 0 bridgehead atoms. The van der Waals surface area contributed by atoms with E-state index in [0.717, 1.165) is 28.1 Å². The lowest BCUT2D eigenvalue weighted by atomic mass is 9.94. The molecule has 0 unspecified atom stereocenters. The average Bonchev–Trinajstić information content (AvgIpc) is 3.30. The normalized spacial score (nSPS) is 14.6. The minimum Gasteiger partial charge on any atom is -0.497 e. The third kappa shape index (κ3) is 5.50. The Kier molecular flexibility index (Phi) is 7.21. The highest BCUT2D eigenvalue weighted by atomic mass is 35.5. The van der Waals surface area contributed by atoms with Crippen molar-refractivity contribution in [3.63, 3.8) is 0 Å². The van der Waals surface area contributed by atoms with Crippen LogP contribution in [-0.4, -0.2) is 27.8 Å². The molecule has 0 aliphatic carbocycles. The minimum atomic E-state index is -0.442. The Bertz CT molecular complexity index is 1460. The van der Waals surface area contributed by atoms with Gasteiger partial charge in [0, 0.05) is 22.2 Å². The van der Waals surface area contributed by atoms with Crippen molar-refractivity contribution in [2.45, 2.75) is 30.8 Å². The maximum atomic E-state index is 13.6. The fraction of sp³-hybridized carbons (Fsp3) is 0.179. The lowest BCUT2D eigenvalue weighted by molar-refractivity contribution is -0.113. The first-order valence-electron chi connectivity index (χ1n) is 11.7. The van der Waals surface area contributed by atoms with Crippen LogP contribution in [0.25, 0.3) is 0 Å². The molecule has 1 aromatic heterocycles. The zero-order chi connectivity index (χ0) is 25.9. The van der Waals surface area contributed by atoms with E-state index in [1.54, 1.807) is 11.8 Å². The number of halogens is 1. The van der Waals surface area contributed by atoms with Crippen LogP contribution in [-0.2, 0) is 10.5 Å². The van der Waals surface area contributed by atoms with Gasteiger partial charge in [-0.25, -0.2) is 4.68 Å². The summed E-state index contributed by atoms with van der Waals surface area (Å²) in [7, 11) is 1.61. The van der Waals surface area contributed by atoms with Crippen LogP contribution in [0, 0.1) is 6.92 Å². The van der Waals surface area contributed by atoms with Gasteiger partial charge in [0.2, 0.25) is 11.1 Å². The van der Waals surface area contributed by atoms with Gasteiger partial charge in [-0.3, -0.25) is 4.79 Å². The third-order valence-corrected chi connectivity index (χ3v) is 7.22. The van der Waals surface area contributed by atoms with Crippen LogP contribution in [0.5, 0.6) is 5.75 Å². The average molecular weight is 532 g/mol. The van der Waals surface area contributed by atoms with Crippen molar-refractivity contribution in [3.8, 4) is 5.75 Å². The molecule has 0 fully saturated rings. The quantitative estimate of drug-likeness (QED) is 0.266. The highest BCUT2D eigenvalue weighted by molar-refractivity contribution is 7.98. The Morgan fingerprint density at radius 2 is 1.86 bits per heavy atom. The molecule has 2 N–H and O–H groups in total. The number of aryl methyl sites for hydroxylation is 1. The van der Waals surface area contributed by atoms with Gasteiger partial charge in [0.15, 0.2) is 0 Å². The number of anilines is 2. The number of carbonyl (C=O) groups is 1. The molecule has 5 rings (SSSR count). The van der Waals surface area contributed by atoms with Gasteiger partial charge in [-0.2, -0.15) is 4.98 Å². The van der Waals surface area contributed by atoms with Crippen LogP contribution in [0.4, 0.5) is 11.6 Å². The number of thioether (sulfide) groups is 1. The summed E-state index contributed by atoms with van der Waals surface area (Å²) in [4.78, 5) is 18.3. The summed E-state index contributed by atoms with van der Waals surface area (Å²) in [5.41, 5.74) is 5.15. The maximum absolute atomic E-state index is 13.6. The first kappa shape index (κ1) is 24.9. The summed E-state index contributed by atoms with van der Waals surface area (Å²) in [6.45, 7) is 3.93.